The third kappa shape index (κ3) is 2.11. The van der Waals surface area contributed by atoms with Crippen molar-refractivity contribution < 1.29 is 10.2 Å². The number of hydrogen-bond acceptors (Lipinski definition) is 4. The number of aromatic hydroxyl groups is 1. The summed E-state index contributed by atoms with van der Waals surface area (Å²) in [5.74, 6) is 0.120. The van der Waals surface area contributed by atoms with Crippen LogP contribution in [0.5, 0.6) is 5.75 Å². The molecule has 0 amide bonds. The summed E-state index contributed by atoms with van der Waals surface area (Å²) < 4.78 is 0. The maximum Gasteiger partial charge on any atom is 0.133 e. The Morgan fingerprint density at radius 2 is 2.00 bits per heavy atom. The molecule has 82 valence electrons. The summed E-state index contributed by atoms with van der Waals surface area (Å²) in [5.41, 5.74) is 5.56. The minimum atomic E-state index is -0.858. The van der Waals surface area contributed by atoms with E-state index < -0.39 is 5.60 Å². The van der Waals surface area contributed by atoms with Gasteiger partial charge in [-0.1, -0.05) is 0 Å². The van der Waals surface area contributed by atoms with E-state index >= 15 is 0 Å². The van der Waals surface area contributed by atoms with Crippen LogP contribution in [0.1, 0.15) is 31.4 Å². The molecule has 0 saturated heterocycles. The zero-order valence-electron chi connectivity index (χ0n) is 8.56. The van der Waals surface area contributed by atoms with Crippen molar-refractivity contribution in [3.8, 4) is 5.75 Å². The Labute approximate surface area is 88.8 Å². The number of pyridine rings is 1. The van der Waals surface area contributed by atoms with Crippen LogP contribution < -0.4 is 5.73 Å². The van der Waals surface area contributed by atoms with Crippen LogP contribution in [0.2, 0.25) is 0 Å². The summed E-state index contributed by atoms with van der Waals surface area (Å²) in [4.78, 5) is 4.06. The zero-order valence-corrected chi connectivity index (χ0v) is 8.56. The minimum Gasteiger partial charge on any atom is -0.506 e. The van der Waals surface area contributed by atoms with E-state index in [1.165, 1.54) is 6.20 Å². The fourth-order valence-corrected chi connectivity index (χ4v) is 2.04. The molecule has 0 atom stereocenters. The number of rotatable bonds is 1. The second-order valence-corrected chi connectivity index (χ2v) is 4.27. The van der Waals surface area contributed by atoms with Crippen molar-refractivity contribution in [1.29, 1.82) is 0 Å². The highest BCUT2D eigenvalue weighted by Gasteiger charge is 2.34. The first-order valence-electron chi connectivity index (χ1n) is 5.24. The Kier molecular flexibility index (Phi) is 2.63. The second-order valence-electron chi connectivity index (χ2n) is 4.27. The molecule has 1 aromatic rings. The van der Waals surface area contributed by atoms with Crippen molar-refractivity contribution >= 4 is 0 Å². The van der Waals surface area contributed by atoms with Crippen LogP contribution in [-0.2, 0) is 5.60 Å². The molecule has 4 nitrogen and oxygen atoms in total. The molecule has 1 saturated carbocycles. The summed E-state index contributed by atoms with van der Waals surface area (Å²) in [6, 6.07) is 3.42. The molecule has 0 aromatic carbocycles. The molecule has 0 radical (unpaired) electrons. The van der Waals surface area contributed by atoms with E-state index in [2.05, 4.69) is 4.98 Å². The Hall–Kier alpha value is -1.13. The summed E-state index contributed by atoms with van der Waals surface area (Å²) in [6.45, 7) is 0. The molecule has 4 N–H and O–H groups in total. The molecular formula is C11H16N2O2. The Morgan fingerprint density at radius 3 is 2.53 bits per heavy atom. The van der Waals surface area contributed by atoms with Crippen molar-refractivity contribution in [1.82, 2.24) is 4.98 Å². The van der Waals surface area contributed by atoms with Gasteiger partial charge in [0.1, 0.15) is 11.4 Å². The average Bonchev–Trinajstić information content (AvgIpc) is 2.24. The van der Waals surface area contributed by atoms with E-state index in [-0.39, 0.29) is 11.8 Å². The van der Waals surface area contributed by atoms with Crippen LogP contribution in [0.3, 0.4) is 0 Å². The smallest absolute Gasteiger partial charge is 0.133 e. The zero-order chi connectivity index (χ0) is 10.9. The maximum atomic E-state index is 10.4. The number of nitrogens with two attached hydrogens (primary N) is 1. The summed E-state index contributed by atoms with van der Waals surface area (Å²) in [7, 11) is 0. The van der Waals surface area contributed by atoms with Gasteiger partial charge in [-0.2, -0.15) is 0 Å². The van der Waals surface area contributed by atoms with E-state index in [0.29, 0.717) is 18.5 Å². The van der Waals surface area contributed by atoms with Crippen molar-refractivity contribution in [2.75, 3.05) is 0 Å². The van der Waals surface area contributed by atoms with Gasteiger partial charge < -0.3 is 15.9 Å². The fraction of sp³-hybridized carbons (Fsp3) is 0.545. The summed E-state index contributed by atoms with van der Waals surface area (Å²) >= 11 is 0. The number of nitrogens with zero attached hydrogens (tertiary/aromatic N) is 1. The normalized spacial score (nSPS) is 31.5. The Balaban J connectivity index is 2.18. The molecule has 4 heteroatoms. The van der Waals surface area contributed by atoms with Gasteiger partial charge in [0.2, 0.25) is 0 Å². The van der Waals surface area contributed by atoms with Gasteiger partial charge in [-0.05, 0) is 37.8 Å². The highest BCUT2D eigenvalue weighted by atomic mass is 16.3. The predicted molar refractivity (Wildman–Crippen MR) is 56.2 cm³/mol. The van der Waals surface area contributed by atoms with Crippen LogP contribution in [-0.4, -0.2) is 21.2 Å². The van der Waals surface area contributed by atoms with E-state index in [1.807, 2.05) is 0 Å². The molecule has 1 fully saturated rings. The first-order chi connectivity index (χ1) is 7.10. The van der Waals surface area contributed by atoms with E-state index in [9.17, 15) is 5.11 Å². The first kappa shape index (κ1) is 10.4. The molecule has 15 heavy (non-hydrogen) atoms. The van der Waals surface area contributed by atoms with Gasteiger partial charge in [0.25, 0.3) is 0 Å². The Morgan fingerprint density at radius 1 is 1.33 bits per heavy atom. The quantitative estimate of drug-likeness (QED) is 0.640. The maximum absolute atomic E-state index is 10.4. The van der Waals surface area contributed by atoms with Gasteiger partial charge in [-0.15, -0.1) is 0 Å². The number of aromatic nitrogens is 1. The molecule has 0 aliphatic heterocycles. The molecule has 0 spiro atoms. The van der Waals surface area contributed by atoms with Gasteiger partial charge >= 0.3 is 0 Å². The first-order valence-corrected chi connectivity index (χ1v) is 5.24. The van der Waals surface area contributed by atoms with Crippen molar-refractivity contribution in [3.63, 3.8) is 0 Å². The standard InChI is InChI=1S/C11H16N2O2/c12-8-3-5-11(15,6-4-8)10-2-1-9(14)7-13-10/h1-2,7-8,14-15H,3-6,12H2. The number of aliphatic hydroxyl groups is 1. The number of hydrogen-bond donors (Lipinski definition) is 3. The highest BCUT2D eigenvalue weighted by molar-refractivity contribution is 5.22. The molecule has 1 aliphatic rings. The van der Waals surface area contributed by atoms with Crippen LogP contribution in [0.15, 0.2) is 18.3 Å². The Bertz CT molecular complexity index is 329. The second kappa shape index (κ2) is 3.79. The molecule has 1 heterocycles. The van der Waals surface area contributed by atoms with E-state index in [0.717, 1.165) is 12.8 Å². The SMILES string of the molecule is NC1CCC(O)(c2ccc(O)cn2)CC1. The van der Waals surface area contributed by atoms with Gasteiger partial charge in [-0.25, -0.2) is 0 Å². The largest absolute Gasteiger partial charge is 0.506 e. The third-order valence-corrected chi connectivity index (χ3v) is 3.08. The molecule has 0 unspecified atom stereocenters. The lowest BCUT2D eigenvalue weighted by molar-refractivity contribution is -0.00892. The molecule has 2 rings (SSSR count). The molecule has 0 bridgehead atoms. The van der Waals surface area contributed by atoms with Gasteiger partial charge in [0, 0.05) is 6.04 Å². The van der Waals surface area contributed by atoms with Crippen LogP contribution in [0.4, 0.5) is 0 Å². The molecule has 1 aromatic heterocycles. The highest BCUT2D eigenvalue weighted by Crippen LogP contribution is 2.35. The van der Waals surface area contributed by atoms with E-state index in [4.69, 9.17) is 10.8 Å². The lowest BCUT2D eigenvalue weighted by atomic mass is 9.80. The van der Waals surface area contributed by atoms with Gasteiger partial charge in [0.05, 0.1) is 11.9 Å². The fourth-order valence-electron chi connectivity index (χ4n) is 2.04. The van der Waals surface area contributed by atoms with Crippen molar-refractivity contribution in [2.45, 2.75) is 37.3 Å². The minimum absolute atomic E-state index is 0.120. The molecular weight excluding hydrogens is 192 g/mol. The third-order valence-electron chi connectivity index (χ3n) is 3.08. The summed E-state index contributed by atoms with van der Waals surface area (Å²) in [6.07, 6.45) is 4.29. The lowest BCUT2D eigenvalue weighted by Gasteiger charge is -2.34. The predicted octanol–water partition coefficient (Wildman–Crippen LogP) is 0.876. The average molecular weight is 208 g/mol. The van der Waals surface area contributed by atoms with Crippen molar-refractivity contribution in [2.24, 2.45) is 5.73 Å². The van der Waals surface area contributed by atoms with Crippen LogP contribution in [0, 0.1) is 0 Å². The summed E-state index contributed by atoms with van der Waals surface area (Å²) in [5, 5.41) is 19.5. The lowest BCUT2D eigenvalue weighted by Crippen LogP contribution is -2.37. The monoisotopic (exact) mass is 208 g/mol. The van der Waals surface area contributed by atoms with Crippen LogP contribution >= 0.6 is 0 Å². The topological polar surface area (TPSA) is 79.4 Å². The van der Waals surface area contributed by atoms with E-state index in [1.54, 1.807) is 12.1 Å². The van der Waals surface area contributed by atoms with Crippen LogP contribution in [0.25, 0.3) is 0 Å². The van der Waals surface area contributed by atoms with Gasteiger partial charge in [0.15, 0.2) is 0 Å². The van der Waals surface area contributed by atoms with Gasteiger partial charge in [-0.3, -0.25) is 4.98 Å². The molecule has 1 aliphatic carbocycles. The van der Waals surface area contributed by atoms with Crippen molar-refractivity contribution in [3.05, 3.63) is 24.0 Å².